The Hall–Kier alpha value is -6.29. The molecule has 0 atom stereocenters. The van der Waals surface area contributed by atoms with Gasteiger partial charge in [0.05, 0.1) is 13.7 Å². The van der Waals surface area contributed by atoms with E-state index in [1.807, 2.05) is 48.5 Å². The maximum absolute atomic E-state index is 11.9. The lowest BCUT2D eigenvalue weighted by molar-refractivity contribution is -0.145. The Kier molecular flexibility index (Phi) is 14.8. The zero-order valence-corrected chi connectivity index (χ0v) is 36.4. The van der Waals surface area contributed by atoms with Gasteiger partial charge in [0.2, 0.25) is 23.6 Å². The van der Waals surface area contributed by atoms with Crippen LogP contribution in [0.25, 0.3) is 56.9 Å². The summed E-state index contributed by atoms with van der Waals surface area (Å²) in [5.74, 6) is 3.32. The second-order valence-electron chi connectivity index (χ2n) is 16.0. The quantitative estimate of drug-likeness (QED) is 0.0331. The minimum Gasteiger partial charge on any atom is -0.497 e. The molecule has 2 aromatic heterocycles. The van der Waals surface area contributed by atoms with Crippen molar-refractivity contribution in [2.45, 2.75) is 109 Å². The monoisotopic (exact) mass is 834 g/mol. The summed E-state index contributed by atoms with van der Waals surface area (Å²) >= 11 is 0. The molecule has 1 aliphatic carbocycles. The van der Waals surface area contributed by atoms with Crippen molar-refractivity contribution in [1.82, 2.24) is 20.4 Å². The lowest BCUT2D eigenvalue weighted by Crippen LogP contribution is -2.25. The number of ether oxygens (including phenoxy) is 3. The summed E-state index contributed by atoms with van der Waals surface area (Å²) in [5, 5.41) is 17.8. The number of esters is 1. The van der Waals surface area contributed by atoms with Crippen LogP contribution in [-0.4, -0.2) is 46.2 Å². The summed E-state index contributed by atoms with van der Waals surface area (Å²) in [5.41, 5.74) is 8.32. The largest absolute Gasteiger partial charge is 0.497 e. The Balaban J connectivity index is 0.937. The fourth-order valence-electron chi connectivity index (χ4n) is 8.64. The van der Waals surface area contributed by atoms with E-state index in [2.05, 4.69) is 83.8 Å². The van der Waals surface area contributed by atoms with E-state index in [4.69, 9.17) is 23.0 Å². The lowest BCUT2D eigenvalue weighted by Gasteiger charge is -2.32. The van der Waals surface area contributed by atoms with Crippen molar-refractivity contribution in [3.8, 4) is 68.4 Å². The van der Waals surface area contributed by atoms with Crippen molar-refractivity contribution in [3.63, 3.8) is 0 Å². The van der Waals surface area contributed by atoms with Gasteiger partial charge in [-0.15, -0.1) is 20.4 Å². The van der Waals surface area contributed by atoms with Crippen molar-refractivity contribution >= 4 is 5.97 Å². The van der Waals surface area contributed by atoms with Crippen LogP contribution in [0.3, 0.4) is 0 Å². The number of carbonyl (C=O) groups is 1. The van der Waals surface area contributed by atoms with Gasteiger partial charge in [-0.25, -0.2) is 0 Å². The van der Waals surface area contributed by atoms with Crippen LogP contribution in [-0.2, 0) is 14.9 Å². The van der Waals surface area contributed by atoms with Crippen LogP contribution >= 0.6 is 0 Å². The van der Waals surface area contributed by atoms with E-state index < -0.39 is 6.10 Å². The van der Waals surface area contributed by atoms with Gasteiger partial charge < -0.3 is 23.0 Å². The number of hydrogen-bond donors (Lipinski definition) is 0. The average Bonchev–Trinajstić information content (AvgIpc) is 4.06. The number of hydrogen-bond acceptors (Lipinski definition) is 10. The van der Waals surface area contributed by atoms with Gasteiger partial charge in [-0.2, -0.15) is 0 Å². The molecule has 0 fully saturated rings. The molecule has 1 aliphatic rings. The molecule has 0 saturated heterocycles. The van der Waals surface area contributed by atoms with Gasteiger partial charge >= 0.3 is 5.97 Å². The van der Waals surface area contributed by atoms with Gasteiger partial charge in [0, 0.05) is 34.1 Å². The van der Waals surface area contributed by atoms with Crippen LogP contribution < -0.4 is 9.47 Å². The molecular formula is C52H58N4O6. The van der Waals surface area contributed by atoms with E-state index in [1.165, 1.54) is 41.5 Å². The summed E-state index contributed by atoms with van der Waals surface area (Å²) in [7, 11) is 1.65. The molecule has 0 amide bonds. The number of fused-ring (bicyclic) bond motifs is 3. The number of carbonyl (C=O) groups excluding carboxylic acids is 1. The van der Waals surface area contributed by atoms with E-state index in [0.29, 0.717) is 36.6 Å². The first kappa shape index (κ1) is 43.8. The Morgan fingerprint density at radius 2 is 1.05 bits per heavy atom. The third-order valence-corrected chi connectivity index (χ3v) is 11.8. The molecule has 4 aromatic carbocycles. The summed E-state index contributed by atoms with van der Waals surface area (Å²) in [6.07, 6.45) is 15.9. The molecular weight excluding hydrogens is 777 g/mol. The van der Waals surface area contributed by atoms with Gasteiger partial charge in [-0.3, -0.25) is 4.79 Å². The molecule has 0 saturated carbocycles. The number of methoxy groups -OCH3 is 1. The number of unbranched alkanes of at least 4 members (excludes halogenated alkanes) is 7. The molecule has 10 nitrogen and oxygen atoms in total. The smallest absolute Gasteiger partial charge is 0.306 e. The van der Waals surface area contributed by atoms with Gasteiger partial charge in [-0.1, -0.05) is 90.5 Å². The summed E-state index contributed by atoms with van der Waals surface area (Å²) < 4.78 is 29.2. The zero-order chi connectivity index (χ0) is 43.3. The molecule has 0 unspecified atom stereocenters. The fourth-order valence-corrected chi connectivity index (χ4v) is 8.64. The van der Waals surface area contributed by atoms with Crippen LogP contribution in [0.4, 0.5) is 0 Å². The summed E-state index contributed by atoms with van der Waals surface area (Å²) in [4.78, 5) is 11.9. The molecule has 10 heteroatoms. The predicted octanol–water partition coefficient (Wildman–Crippen LogP) is 13.2. The van der Waals surface area contributed by atoms with Crippen molar-refractivity contribution in [2.75, 3.05) is 13.7 Å². The lowest BCUT2D eigenvalue weighted by atomic mass is 9.71. The molecule has 0 radical (unpaired) electrons. The Bertz CT molecular complexity index is 2400. The van der Waals surface area contributed by atoms with Crippen LogP contribution in [0.5, 0.6) is 11.5 Å². The van der Waals surface area contributed by atoms with Crippen LogP contribution in [0.1, 0.15) is 108 Å². The van der Waals surface area contributed by atoms with E-state index in [1.54, 1.807) is 19.3 Å². The van der Waals surface area contributed by atoms with Gasteiger partial charge in [0.15, 0.2) is 0 Å². The first-order chi connectivity index (χ1) is 30.4. The molecule has 7 rings (SSSR count). The Morgan fingerprint density at radius 1 is 0.613 bits per heavy atom. The first-order valence-electron chi connectivity index (χ1n) is 22.2. The highest BCUT2D eigenvalue weighted by Gasteiger charge is 2.42. The number of rotatable bonds is 24. The SMILES string of the molecule is C=CC(C=C)OC(=O)CCCCCCCCCCOc1ccc(-c2nnc(-c3ccc4c(c3)C(CCC)(CCC)c3cc(-c5nnc(-c6ccc(OC)cc6)o5)ccc3-4)o2)cc1. The molecule has 0 aliphatic heterocycles. The number of nitrogens with zero attached hydrogens (tertiary/aromatic N) is 4. The maximum atomic E-state index is 11.9. The second-order valence-corrected chi connectivity index (χ2v) is 16.0. The molecule has 2 heterocycles. The topological polar surface area (TPSA) is 123 Å². The van der Waals surface area contributed by atoms with E-state index in [-0.39, 0.29) is 11.4 Å². The third-order valence-electron chi connectivity index (χ3n) is 11.8. The maximum Gasteiger partial charge on any atom is 0.306 e. The molecule has 62 heavy (non-hydrogen) atoms. The number of aromatic nitrogens is 4. The Morgan fingerprint density at radius 3 is 1.52 bits per heavy atom. The van der Waals surface area contributed by atoms with Crippen LogP contribution in [0, 0.1) is 0 Å². The van der Waals surface area contributed by atoms with Gasteiger partial charge in [0.25, 0.3) is 0 Å². The zero-order valence-electron chi connectivity index (χ0n) is 36.4. The minimum atomic E-state index is -0.401. The average molecular weight is 835 g/mol. The normalized spacial score (nSPS) is 12.5. The third kappa shape index (κ3) is 10.1. The van der Waals surface area contributed by atoms with Crippen LogP contribution in [0.2, 0.25) is 0 Å². The van der Waals surface area contributed by atoms with E-state index >= 15 is 0 Å². The molecule has 0 spiro atoms. The summed E-state index contributed by atoms with van der Waals surface area (Å²) in [6, 6.07) is 28.6. The van der Waals surface area contributed by atoms with Crippen molar-refractivity contribution in [3.05, 3.63) is 121 Å². The minimum absolute atomic E-state index is 0.188. The van der Waals surface area contributed by atoms with Gasteiger partial charge in [-0.05, 0) is 133 Å². The molecule has 322 valence electrons. The highest BCUT2D eigenvalue weighted by atomic mass is 16.5. The van der Waals surface area contributed by atoms with Crippen LogP contribution in [0.15, 0.2) is 119 Å². The molecule has 0 bridgehead atoms. The fraction of sp³-hybridized carbons (Fsp3) is 0.365. The first-order valence-corrected chi connectivity index (χ1v) is 22.2. The highest BCUT2D eigenvalue weighted by molar-refractivity contribution is 5.85. The number of benzene rings is 4. The second kappa shape index (κ2) is 21.0. The highest BCUT2D eigenvalue weighted by Crippen LogP contribution is 2.55. The van der Waals surface area contributed by atoms with E-state index in [0.717, 1.165) is 91.5 Å². The Labute approximate surface area is 365 Å². The standard InChI is InChI=1S/C52H58N4O6/c1-6-31-52(32-7-2)45-34-38(50-55-53-48(61-50)36-19-25-41(58-5)26-20-36)23-29-43(45)44-30-24-39(35-46(44)52)51-56-54-49(62-51)37-21-27-42(28-22-37)59-33-17-15-13-11-10-12-14-16-18-47(57)60-40(8-3)9-4/h8-9,19-30,34-35,40H,3-4,6-7,10-18,31-33H2,1-2,5H3. The molecule has 6 aromatic rings. The summed E-state index contributed by atoms with van der Waals surface area (Å²) in [6.45, 7) is 12.5. The predicted molar refractivity (Wildman–Crippen MR) is 244 cm³/mol. The van der Waals surface area contributed by atoms with Crippen molar-refractivity contribution in [2.24, 2.45) is 0 Å². The van der Waals surface area contributed by atoms with E-state index in [9.17, 15) is 4.79 Å². The van der Waals surface area contributed by atoms with Crippen molar-refractivity contribution in [1.29, 1.82) is 0 Å². The molecule has 0 N–H and O–H groups in total. The van der Waals surface area contributed by atoms with Crippen molar-refractivity contribution < 1.29 is 27.8 Å². The van der Waals surface area contributed by atoms with Gasteiger partial charge in [0.1, 0.15) is 17.6 Å².